The van der Waals surface area contributed by atoms with Crippen LogP contribution in [0.4, 0.5) is 0 Å². The summed E-state index contributed by atoms with van der Waals surface area (Å²) in [4.78, 5) is 11.9. The van der Waals surface area contributed by atoms with Crippen LogP contribution in [0, 0.1) is 0 Å². The maximum atomic E-state index is 12.1. The lowest BCUT2D eigenvalue weighted by molar-refractivity contribution is -0.123. The number of rotatable bonds is 10. The van der Waals surface area contributed by atoms with Gasteiger partial charge in [-0.3, -0.25) is 4.79 Å². The molecule has 0 saturated heterocycles. The van der Waals surface area contributed by atoms with Gasteiger partial charge in [0, 0.05) is 13.1 Å². The average molecular weight is 394 g/mol. The van der Waals surface area contributed by atoms with Crippen molar-refractivity contribution in [3.8, 4) is 17.2 Å². The van der Waals surface area contributed by atoms with E-state index in [0.717, 1.165) is 0 Å². The molecular formula is C18H22N2O6S. The van der Waals surface area contributed by atoms with Gasteiger partial charge in [0.1, 0.15) is 17.2 Å². The van der Waals surface area contributed by atoms with Gasteiger partial charge in [-0.2, -0.15) is 0 Å². The molecule has 0 aliphatic heterocycles. The van der Waals surface area contributed by atoms with Crippen LogP contribution in [-0.4, -0.2) is 48.2 Å². The number of methoxy groups -OCH3 is 2. The summed E-state index contributed by atoms with van der Waals surface area (Å²) in [5.41, 5.74) is 0. The number of benzene rings is 2. The zero-order valence-electron chi connectivity index (χ0n) is 15.1. The van der Waals surface area contributed by atoms with E-state index in [0.29, 0.717) is 17.2 Å². The van der Waals surface area contributed by atoms with Crippen molar-refractivity contribution >= 4 is 15.9 Å². The Balaban J connectivity index is 1.70. The Morgan fingerprint density at radius 3 is 1.93 bits per heavy atom. The molecule has 2 aromatic carbocycles. The van der Waals surface area contributed by atoms with E-state index >= 15 is 0 Å². The van der Waals surface area contributed by atoms with E-state index in [1.165, 1.54) is 19.2 Å². The molecule has 8 nitrogen and oxygen atoms in total. The highest BCUT2D eigenvalue weighted by Crippen LogP contribution is 2.17. The second kappa shape index (κ2) is 9.79. The zero-order chi connectivity index (χ0) is 19.7. The first kappa shape index (κ1) is 20.5. The van der Waals surface area contributed by atoms with Gasteiger partial charge >= 0.3 is 0 Å². The lowest BCUT2D eigenvalue weighted by Gasteiger charge is -2.10. The number of hydrogen-bond acceptors (Lipinski definition) is 6. The van der Waals surface area contributed by atoms with Crippen molar-refractivity contribution in [3.63, 3.8) is 0 Å². The number of sulfonamides is 1. The Bertz CT molecular complexity index is 835. The number of nitrogens with one attached hydrogen (secondary N) is 2. The molecule has 0 fully saturated rings. The van der Waals surface area contributed by atoms with E-state index in [9.17, 15) is 13.2 Å². The molecule has 27 heavy (non-hydrogen) atoms. The molecule has 0 radical (unpaired) electrons. The smallest absolute Gasteiger partial charge is 0.257 e. The van der Waals surface area contributed by atoms with E-state index in [1.807, 2.05) is 0 Å². The monoisotopic (exact) mass is 394 g/mol. The lowest BCUT2D eigenvalue weighted by Crippen LogP contribution is -2.36. The molecule has 2 aromatic rings. The summed E-state index contributed by atoms with van der Waals surface area (Å²) in [5, 5.41) is 2.58. The average Bonchev–Trinajstić information content (AvgIpc) is 2.70. The first-order chi connectivity index (χ1) is 12.9. The molecule has 0 unspecified atom stereocenters. The zero-order valence-corrected chi connectivity index (χ0v) is 15.9. The minimum atomic E-state index is -3.65. The third-order valence-electron chi connectivity index (χ3n) is 3.54. The largest absolute Gasteiger partial charge is 0.497 e. The van der Waals surface area contributed by atoms with Gasteiger partial charge in [-0.1, -0.05) is 0 Å². The SMILES string of the molecule is COc1ccc(OCC(=O)NCCNS(=O)(=O)c2ccc(OC)cc2)cc1. The molecule has 0 aromatic heterocycles. The Morgan fingerprint density at radius 2 is 1.37 bits per heavy atom. The Labute approximate surface area is 158 Å². The summed E-state index contributed by atoms with van der Waals surface area (Å²) in [6.07, 6.45) is 0. The normalized spacial score (nSPS) is 10.9. The minimum Gasteiger partial charge on any atom is -0.497 e. The van der Waals surface area contributed by atoms with E-state index in [1.54, 1.807) is 43.5 Å². The molecule has 0 atom stereocenters. The molecular weight excluding hydrogens is 372 g/mol. The standard InChI is InChI=1S/C18H22N2O6S/c1-24-14-3-5-16(6-4-14)26-13-18(21)19-11-12-20-27(22,23)17-9-7-15(25-2)8-10-17/h3-10,20H,11-13H2,1-2H3,(H,19,21). The highest BCUT2D eigenvalue weighted by molar-refractivity contribution is 7.89. The van der Waals surface area contributed by atoms with Crippen LogP contribution in [0.25, 0.3) is 0 Å². The molecule has 0 heterocycles. The predicted octanol–water partition coefficient (Wildman–Crippen LogP) is 1.18. The van der Waals surface area contributed by atoms with Crippen molar-refractivity contribution in [1.29, 1.82) is 0 Å². The van der Waals surface area contributed by atoms with Gasteiger partial charge in [0.15, 0.2) is 6.61 Å². The first-order valence-corrected chi connectivity index (χ1v) is 9.60. The Hall–Kier alpha value is -2.78. The van der Waals surface area contributed by atoms with E-state index in [4.69, 9.17) is 14.2 Å². The van der Waals surface area contributed by atoms with Crippen LogP contribution >= 0.6 is 0 Å². The molecule has 1 amide bonds. The summed E-state index contributed by atoms with van der Waals surface area (Å²) < 4.78 is 42.1. The predicted molar refractivity (Wildman–Crippen MR) is 99.7 cm³/mol. The van der Waals surface area contributed by atoms with Gasteiger partial charge in [-0.25, -0.2) is 13.1 Å². The molecule has 9 heteroatoms. The fourth-order valence-electron chi connectivity index (χ4n) is 2.10. The topological polar surface area (TPSA) is 103 Å². The van der Waals surface area contributed by atoms with Crippen molar-refractivity contribution in [2.75, 3.05) is 33.9 Å². The van der Waals surface area contributed by atoms with E-state index in [-0.39, 0.29) is 30.5 Å². The summed E-state index contributed by atoms with van der Waals surface area (Å²) in [5.74, 6) is 1.44. The summed E-state index contributed by atoms with van der Waals surface area (Å²) in [7, 11) is -0.581. The molecule has 0 aliphatic rings. The van der Waals surface area contributed by atoms with Gasteiger partial charge in [-0.15, -0.1) is 0 Å². The van der Waals surface area contributed by atoms with Crippen LogP contribution in [0.2, 0.25) is 0 Å². The second-order valence-corrected chi connectivity index (χ2v) is 7.15. The fraction of sp³-hybridized carbons (Fsp3) is 0.278. The third-order valence-corrected chi connectivity index (χ3v) is 5.02. The van der Waals surface area contributed by atoms with Crippen LogP contribution < -0.4 is 24.2 Å². The van der Waals surface area contributed by atoms with Gasteiger partial charge < -0.3 is 19.5 Å². The van der Waals surface area contributed by atoms with Crippen molar-refractivity contribution in [1.82, 2.24) is 10.0 Å². The van der Waals surface area contributed by atoms with Gasteiger partial charge in [0.2, 0.25) is 10.0 Å². The highest BCUT2D eigenvalue weighted by Gasteiger charge is 2.13. The number of hydrogen-bond donors (Lipinski definition) is 2. The molecule has 0 saturated carbocycles. The molecule has 0 aliphatic carbocycles. The summed E-state index contributed by atoms with van der Waals surface area (Å²) >= 11 is 0. The maximum Gasteiger partial charge on any atom is 0.257 e. The van der Waals surface area contributed by atoms with Crippen molar-refractivity contribution in [2.24, 2.45) is 0 Å². The molecule has 2 rings (SSSR count). The maximum absolute atomic E-state index is 12.1. The van der Waals surface area contributed by atoms with Gasteiger partial charge in [0.05, 0.1) is 19.1 Å². The van der Waals surface area contributed by atoms with Gasteiger partial charge in [-0.05, 0) is 48.5 Å². The lowest BCUT2D eigenvalue weighted by atomic mass is 10.3. The molecule has 2 N–H and O–H groups in total. The number of carbonyl (C=O) groups excluding carboxylic acids is 1. The second-order valence-electron chi connectivity index (χ2n) is 5.39. The Morgan fingerprint density at radius 1 is 0.852 bits per heavy atom. The summed E-state index contributed by atoms with van der Waals surface area (Å²) in [6.45, 7) is 0.0282. The molecule has 0 bridgehead atoms. The van der Waals surface area contributed by atoms with Crippen LogP contribution in [0.15, 0.2) is 53.4 Å². The van der Waals surface area contributed by atoms with Crippen LogP contribution in [-0.2, 0) is 14.8 Å². The van der Waals surface area contributed by atoms with E-state index in [2.05, 4.69) is 10.0 Å². The fourth-order valence-corrected chi connectivity index (χ4v) is 3.13. The molecule has 0 spiro atoms. The van der Waals surface area contributed by atoms with Crippen LogP contribution in [0.5, 0.6) is 17.2 Å². The van der Waals surface area contributed by atoms with Crippen LogP contribution in [0.3, 0.4) is 0 Å². The third kappa shape index (κ3) is 6.46. The highest BCUT2D eigenvalue weighted by atomic mass is 32.2. The van der Waals surface area contributed by atoms with Gasteiger partial charge in [0.25, 0.3) is 5.91 Å². The van der Waals surface area contributed by atoms with Crippen molar-refractivity contribution < 1.29 is 27.4 Å². The van der Waals surface area contributed by atoms with Crippen molar-refractivity contribution in [2.45, 2.75) is 4.90 Å². The minimum absolute atomic E-state index is 0.0582. The Kier molecular flexibility index (Phi) is 7.44. The first-order valence-electron chi connectivity index (χ1n) is 8.12. The number of amides is 1. The summed E-state index contributed by atoms with van der Waals surface area (Å²) in [6, 6.07) is 12.8. The number of ether oxygens (including phenoxy) is 3. The molecule has 146 valence electrons. The quantitative estimate of drug-likeness (QED) is 0.587. The van der Waals surface area contributed by atoms with Crippen LogP contribution in [0.1, 0.15) is 0 Å². The number of carbonyl (C=O) groups is 1. The van der Waals surface area contributed by atoms with Crippen molar-refractivity contribution in [3.05, 3.63) is 48.5 Å². The van der Waals surface area contributed by atoms with E-state index < -0.39 is 10.0 Å².